The number of fused-ring (bicyclic) bond motifs is 1. The number of likely N-dealkylation sites (N-methyl/N-ethyl adjacent to an activating group) is 1. The zero-order valence-corrected chi connectivity index (χ0v) is 18.0. The molecule has 0 aliphatic carbocycles. The van der Waals surface area contributed by atoms with Crippen molar-refractivity contribution in [1.82, 2.24) is 15.2 Å². The summed E-state index contributed by atoms with van der Waals surface area (Å²) in [5.41, 5.74) is 0.453. The molecule has 2 aromatic carbocycles. The summed E-state index contributed by atoms with van der Waals surface area (Å²) in [6.45, 7) is 2.28. The normalized spacial score (nSPS) is 10.6. The number of rotatable bonds is 7. The molecule has 2 N–H and O–H groups in total. The maximum Gasteiger partial charge on any atom is 0.412 e. The quantitative estimate of drug-likeness (QED) is 0.520. The smallest absolute Gasteiger partial charge is 0.412 e. The van der Waals surface area contributed by atoms with Crippen LogP contribution in [0.1, 0.15) is 12.5 Å². The lowest BCUT2D eigenvalue weighted by Crippen LogP contribution is -2.41. The zero-order valence-electron chi connectivity index (χ0n) is 17.2. The summed E-state index contributed by atoms with van der Waals surface area (Å²) >= 11 is 5.89. The Hall–Kier alpha value is -3.46. The van der Waals surface area contributed by atoms with Crippen LogP contribution in [0.15, 0.2) is 48.7 Å². The zero-order chi connectivity index (χ0) is 23.1. The van der Waals surface area contributed by atoms with E-state index in [2.05, 4.69) is 15.6 Å². The molecule has 3 amide bonds. The molecular weight excluding hydrogens is 442 g/mol. The second kappa shape index (κ2) is 10.7. The second-order valence-corrected chi connectivity index (χ2v) is 7.15. The topological polar surface area (TPSA) is 83.6 Å². The van der Waals surface area contributed by atoms with Gasteiger partial charge in [-0.25, -0.2) is 23.4 Å². The van der Waals surface area contributed by atoms with Gasteiger partial charge in [-0.05, 0) is 48.2 Å². The minimum atomic E-state index is -0.753. The SMILES string of the molecule is CCN(CCOC(=O)Nc1cc2cc(F)ccc2cn1)C(=O)NCc1cccc(F)c1Cl. The lowest BCUT2D eigenvalue weighted by atomic mass is 10.2. The third kappa shape index (κ3) is 6.04. The molecule has 1 aromatic heterocycles. The molecule has 0 aliphatic rings. The van der Waals surface area contributed by atoms with Crippen LogP contribution in [0.5, 0.6) is 0 Å². The fourth-order valence-electron chi connectivity index (χ4n) is 2.94. The summed E-state index contributed by atoms with van der Waals surface area (Å²) in [4.78, 5) is 29.9. The fourth-order valence-corrected chi connectivity index (χ4v) is 3.13. The summed E-state index contributed by atoms with van der Waals surface area (Å²) < 4.78 is 32.0. The van der Waals surface area contributed by atoms with E-state index in [9.17, 15) is 18.4 Å². The van der Waals surface area contributed by atoms with Crippen molar-refractivity contribution in [2.45, 2.75) is 13.5 Å². The van der Waals surface area contributed by atoms with E-state index in [0.717, 1.165) is 5.39 Å². The number of halogens is 3. The maximum absolute atomic E-state index is 13.5. The van der Waals surface area contributed by atoms with Gasteiger partial charge in [0.25, 0.3) is 0 Å². The molecule has 3 rings (SSSR count). The third-order valence-electron chi connectivity index (χ3n) is 4.64. The number of pyridine rings is 1. The molecule has 3 aromatic rings. The van der Waals surface area contributed by atoms with Crippen LogP contribution in [0, 0.1) is 11.6 Å². The minimum absolute atomic E-state index is 0.0408. The molecule has 0 spiro atoms. The minimum Gasteiger partial charge on any atom is -0.447 e. The molecule has 0 radical (unpaired) electrons. The van der Waals surface area contributed by atoms with Gasteiger partial charge in [0.05, 0.1) is 11.6 Å². The van der Waals surface area contributed by atoms with Crippen LogP contribution in [-0.4, -0.2) is 41.7 Å². The van der Waals surface area contributed by atoms with Crippen molar-refractivity contribution in [3.05, 3.63) is 70.9 Å². The number of nitrogens with zero attached hydrogens (tertiary/aromatic N) is 2. The standard InChI is InChI=1S/C22H21ClF2N4O3/c1-2-29(21(30)27-13-15-4-3-5-18(25)20(15)23)8-9-32-22(31)28-19-11-16-10-17(24)7-6-14(16)12-26-19/h3-7,10-12H,2,8-9,13H2,1H3,(H,27,30)(H,26,28,31). The van der Waals surface area contributed by atoms with Crippen LogP contribution < -0.4 is 10.6 Å². The Balaban J connectivity index is 1.46. The lowest BCUT2D eigenvalue weighted by molar-refractivity contribution is 0.142. The number of carbonyl (C=O) groups is 2. The van der Waals surface area contributed by atoms with Crippen molar-refractivity contribution in [1.29, 1.82) is 0 Å². The first-order valence-electron chi connectivity index (χ1n) is 9.82. The molecule has 10 heteroatoms. The number of ether oxygens (including phenoxy) is 1. The summed E-state index contributed by atoms with van der Waals surface area (Å²) in [7, 11) is 0. The van der Waals surface area contributed by atoms with Gasteiger partial charge in [-0.1, -0.05) is 23.7 Å². The van der Waals surface area contributed by atoms with Gasteiger partial charge in [-0.3, -0.25) is 5.32 Å². The van der Waals surface area contributed by atoms with Gasteiger partial charge in [-0.15, -0.1) is 0 Å². The molecule has 0 aliphatic heterocycles. The first-order chi connectivity index (χ1) is 15.4. The van der Waals surface area contributed by atoms with Gasteiger partial charge in [-0.2, -0.15) is 0 Å². The van der Waals surface area contributed by atoms with Crippen molar-refractivity contribution < 1.29 is 23.1 Å². The van der Waals surface area contributed by atoms with Gasteiger partial charge in [0, 0.05) is 24.7 Å². The van der Waals surface area contributed by atoms with Gasteiger partial charge in [0.15, 0.2) is 0 Å². The molecule has 168 valence electrons. The van der Waals surface area contributed by atoms with Crippen LogP contribution in [0.25, 0.3) is 10.8 Å². The molecule has 0 bridgehead atoms. The van der Waals surface area contributed by atoms with Gasteiger partial charge in [0.1, 0.15) is 24.1 Å². The molecule has 0 saturated carbocycles. The Labute approximate surface area is 188 Å². The van der Waals surface area contributed by atoms with Crippen LogP contribution in [0.4, 0.5) is 24.2 Å². The highest BCUT2D eigenvalue weighted by molar-refractivity contribution is 6.31. The first-order valence-corrected chi connectivity index (χ1v) is 10.2. The van der Waals surface area contributed by atoms with Crippen molar-refractivity contribution >= 4 is 40.3 Å². The highest BCUT2D eigenvalue weighted by Gasteiger charge is 2.14. The monoisotopic (exact) mass is 462 g/mol. The molecule has 0 atom stereocenters. The first kappa shape index (κ1) is 23.2. The number of urea groups is 1. The van der Waals surface area contributed by atoms with E-state index in [-0.39, 0.29) is 30.5 Å². The number of nitrogens with one attached hydrogen (secondary N) is 2. The number of anilines is 1. The highest BCUT2D eigenvalue weighted by Crippen LogP contribution is 2.19. The number of aromatic nitrogens is 1. The van der Waals surface area contributed by atoms with Crippen LogP contribution >= 0.6 is 11.6 Å². The van der Waals surface area contributed by atoms with E-state index in [4.69, 9.17) is 16.3 Å². The lowest BCUT2D eigenvalue weighted by Gasteiger charge is -2.21. The Morgan fingerprint density at radius 1 is 1.16 bits per heavy atom. The number of hydrogen-bond donors (Lipinski definition) is 2. The summed E-state index contributed by atoms with van der Waals surface area (Å²) in [5.74, 6) is -0.740. The van der Waals surface area contributed by atoms with Gasteiger partial charge >= 0.3 is 12.1 Å². The van der Waals surface area contributed by atoms with Crippen molar-refractivity contribution in [2.75, 3.05) is 25.0 Å². The largest absolute Gasteiger partial charge is 0.447 e. The average molecular weight is 463 g/mol. The number of carbonyl (C=O) groups excluding carboxylic acids is 2. The Morgan fingerprint density at radius 2 is 1.97 bits per heavy atom. The Morgan fingerprint density at radius 3 is 2.75 bits per heavy atom. The van der Waals surface area contributed by atoms with Gasteiger partial charge in [0.2, 0.25) is 0 Å². The Kier molecular flexibility index (Phi) is 7.77. The number of amides is 3. The number of hydrogen-bond acceptors (Lipinski definition) is 4. The van der Waals surface area contributed by atoms with E-state index in [0.29, 0.717) is 17.5 Å². The van der Waals surface area contributed by atoms with E-state index in [1.54, 1.807) is 19.1 Å². The maximum atomic E-state index is 13.5. The predicted octanol–water partition coefficient (Wildman–Crippen LogP) is 4.95. The van der Waals surface area contributed by atoms with Crippen LogP contribution in [-0.2, 0) is 11.3 Å². The third-order valence-corrected chi connectivity index (χ3v) is 5.06. The molecular formula is C22H21ClF2N4O3. The summed E-state index contributed by atoms with van der Waals surface area (Å²) in [6, 6.07) is 9.74. The van der Waals surface area contributed by atoms with E-state index < -0.39 is 23.8 Å². The van der Waals surface area contributed by atoms with Crippen molar-refractivity contribution in [2.24, 2.45) is 0 Å². The summed E-state index contributed by atoms with van der Waals surface area (Å²) in [5, 5.41) is 6.40. The molecule has 0 saturated heterocycles. The van der Waals surface area contributed by atoms with Crippen LogP contribution in [0.2, 0.25) is 5.02 Å². The molecule has 0 fully saturated rings. The van der Waals surface area contributed by atoms with E-state index in [1.807, 2.05) is 0 Å². The molecule has 0 unspecified atom stereocenters. The van der Waals surface area contributed by atoms with Gasteiger partial charge < -0.3 is 15.0 Å². The summed E-state index contributed by atoms with van der Waals surface area (Å²) in [6.07, 6.45) is 0.759. The molecule has 7 nitrogen and oxygen atoms in total. The van der Waals surface area contributed by atoms with Crippen LogP contribution in [0.3, 0.4) is 0 Å². The molecule has 1 heterocycles. The average Bonchev–Trinajstić information content (AvgIpc) is 2.77. The van der Waals surface area contributed by atoms with E-state index in [1.165, 1.54) is 41.4 Å². The fraction of sp³-hybridized carbons (Fsp3) is 0.227. The Bertz CT molecular complexity index is 1130. The predicted molar refractivity (Wildman–Crippen MR) is 118 cm³/mol. The molecule has 32 heavy (non-hydrogen) atoms. The van der Waals surface area contributed by atoms with Crippen molar-refractivity contribution in [3.8, 4) is 0 Å². The second-order valence-electron chi connectivity index (χ2n) is 6.77. The number of benzene rings is 2. The van der Waals surface area contributed by atoms with Crippen molar-refractivity contribution in [3.63, 3.8) is 0 Å². The van der Waals surface area contributed by atoms with E-state index >= 15 is 0 Å². The highest BCUT2D eigenvalue weighted by atomic mass is 35.5.